The van der Waals surface area contributed by atoms with Crippen molar-refractivity contribution in [2.45, 2.75) is 26.4 Å². The SMILES string of the molecule is Cc1sc2nc(CN(C)C)n(C(c3ccccc3)c3ccccc3)c(=O)c2c1C. The van der Waals surface area contributed by atoms with Gasteiger partial charge in [0.15, 0.2) is 0 Å². The molecule has 4 nitrogen and oxygen atoms in total. The lowest BCUT2D eigenvalue weighted by molar-refractivity contribution is 0.375. The third-order valence-electron chi connectivity index (χ3n) is 5.25. The molecule has 0 fully saturated rings. The zero-order valence-electron chi connectivity index (χ0n) is 17.2. The van der Waals surface area contributed by atoms with E-state index in [4.69, 9.17) is 4.98 Å². The third-order valence-corrected chi connectivity index (χ3v) is 6.36. The highest BCUT2D eigenvalue weighted by Crippen LogP contribution is 2.31. The first kappa shape index (κ1) is 19.6. The van der Waals surface area contributed by atoms with Crippen molar-refractivity contribution in [3.8, 4) is 0 Å². The van der Waals surface area contributed by atoms with Crippen LogP contribution in [0.3, 0.4) is 0 Å². The molecule has 0 unspecified atom stereocenters. The smallest absolute Gasteiger partial charge is 0.263 e. The maximum absolute atomic E-state index is 13.9. The Morgan fingerprint density at radius 2 is 1.52 bits per heavy atom. The fourth-order valence-corrected chi connectivity index (χ4v) is 4.81. The highest BCUT2D eigenvalue weighted by atomic mass is 32.1. The number of aryl methyl sites for hydroxylation is 2. The van der Waals surface area contributed by atoms with Gasteiger partial charge in [0.2, 0.25) is 0 Å². The van der Waals surface area contributed by atoms with Crippen molar-refractivity contribution in [1.82, 2.24) is 14.5 Å². The largest absolute Gasteiger partial charge is 0.302 e. The van der Waals surface area contributed by atoms with Crippen molar-refractivity contribution >= 4 is 21.6 Å². The monoisotopic (exact) mass is 403 g/mol. The molecule has 2 heterocycles. The first-order valence-corrected chi connectivity index (χ1v) is 10.5. The molecule has 2 aromatic heterocycles. The molecule has 0 saturated heterocycles. The van der Waals surface area contributed by atoms with Gasteiger partial charge in [-0.25, -0.2) is 4.98 Å². The highest BCUT2D eigenvalue weighted by Gasteiger charge is 2.24. The standard InChI is InChI=1S/C24H25N3OS/c1-16-17(2)29-23-21(16)24(28)27(20(25-23)15-26(3)4)22(18-11-7-5-8-12-18)19-13-9-6-10-14-19/h5-14,22H,15H2,1-4H3. The van der Waals surface area contributed by atoms with Crippen LogP contribution in [0.5, 0.6) is 0 Å². The van der Waals surface area contributed by atoms with Gasteiger partial charge in [-0.3, -0.25) is 9.36 Å². The van der Waals surface area contributed by atoms with Crippen LogP contribution in [0, 0.1) is 13.8 Å². The van der Waals surface area contributed by atoms with Crippen LogP contribution in [-0.2, 0) is 6.54 Å². The third kappa shape index (κ3) is 3.63. The fraction of sp³-hybridized carbons (Fsp3) is 0.250. The molecule has 5 heteroatoms. The van der Waals surface area contributed by atoms with Gasteiger partial charge >= 0.3 is 0 Å². The Morgan fingerprint density at radius 3 is 2.03 bits per heavy atom. The van der Waals surface area contributed by atoms with E-state index in [-0.39, 0.29) is 11.6 Å². The molecule has 148 valence electrons. The predicted octanol–water partition coefficient (Wildman–Crippen LogP) is 4.77. The summed E-state index contributed by atoms with van der Waals surface area (Å²) in [6, 6.07) is 20.2. The number of aromatic nitrogens is 2. The topological polar surface area (TPSA) is 38.1 Å². The summed E-state index contributed by atoms with van der Waals surface area (Å²) in [4.78, 5) is 22.9. The van der Waals surface area contributed by atoms with Gasteiger partial charge in [-0.2, -0.15) is 0 Å². The van der Waals surface area contributed by atoms with E-state index in [9.17, 15) is 4.79 Å². The van der Waals surface area contributed by atoms with E-state index in [1.807, 2.05) is 62.0 Å². The number of hydrogen-bond donors (Lipinski definition) is 0. The Hall–Kier alpha value is -2.76. The maximum Gasteiger partial charge on any atom is 0.263 e. The van der Waals surface area contributed by atoms with Gasteiger partial charge in [-0.05, 0) is 44.6 Å². The maximum atomic E-state index is 13.9. The molecule has 0 aliphatic heterocycles. The van der Waals surface area contributed by atoms with Gasteiger partial charge in [0.1, 0.15) is 10.7 Å². The van der Waals surface area contributed by atoms with Crippen LogP contribution in [0.1, 0.15) is 33.4 Å². The van der Waals surface area contributed by atoms with Gasteiger partial charge in [-0.1, -0.05) is 60.7 Å². The Kier molecular flexibility index (Phi) is 5.35. The normalized spacial score (nSPS) is 11.7. The predicted molar refractivity (Wildman–Crippen MR) is 121 cm³/mol. The first-order chi connectivity index (χ1) is 14.0. The van der Waals surface area contributed by atoms with Crippen LogP contribution in [-0.4, -0.2) is 28.5 Å². The van der Waals surface area contributed by atoms with Crippen molar-refractivity contribution in [2.24, 2.45) is 0 Å². The molecule has 0 atom stereocenters. The lowest BCUT2D eigenvalue weighted by Gasteiger charge is -2.25. The van der Waals surface area contributed by atoms with E-state index in [1.165, 1.54) is 0 Å². The van der Waals surface area contributed by atoms with Gasteiger partial charge in [0, 0.05) is 4.88 Å². The molecule has 4 aromatic rings. The van der Waals surface area contributed by atoms with Crippen LogP contribution in [0.4, 0.5) is 0 Å². The molecule has 0 saturated carbocycles. The summed E-state index contributed by atoms with van der Waals surface area (Å²) in [6.45, 7) is 4.67. The minimum absolute atomic E-state index is 0.0337. The number of rotatable bonds is 5. The summed E-state index contributed by atoms with van der Waals surface area (Å²) >= 11 is 1.60. The summed E-state index contributed by atoms with van der Waals surface area (Å²) in [5.41, 5.74) is 3.22. The average Bonchev–Trinajstić information content (AvgIpc) is 2.99. The second kappa shape index (κ2) is 7.93. The number of hydrogen-bond acceptors (Lipinski definition) is 4. The van der Waals surface area contributed by atoms with E-state index >= 15 is 0 Å². The van der Waals surface area contributed by atoms with Gasteiger partial charge < -0.3 is 4.90 Å². The molecular formula is C24H25N3OS. The summed E-state index contributed by atoms with van der Waals surface area (Å²) in [5, 5.41) is 0.742. The summed E-state index contributed by atoms with van der Waals surface area (Å²) in [6.07, 6.45) is 0. The van der Waals surface area contributed by atoms with Gasteiger partial charge in [0.25, 0.3) is 5.56 Å². The first-order valence-electron chi connectivity index (χ1n) is 9.73. The Labute approximate surface area is 175 Å². The fourth-order valence-electron chi connectivity index (χ4n) is 3.77. The number of fused-ring (bicyclic) bond motifs is 1. The van der Waals surface area contributed by atoms with Gasteiger partial charge in [-0.15, -0.1) is 11.3 Å². The van der Waals surface area contributed by atoms with Crippen molar-refractivity contribution in [1.29, 1.82) is 0 Å². The molecule has 4 rings (SSSR count). The molecule has 0 N–H and O–H groups in total. The molecule has 0 bridgehead atoms. The molecular weight excluding hydrogens is 378 g/mol. The molecule has 0 amide bonds. The van der Waals surface area contributed by atoms with E-state index in [2.05, 4.69) is 36.1 Å². The second-order valence-electron chi connectivity index (χ2n) is 7.63. The number of thiophene rings is 1. The van der Waals surface area contributed by atoms with Crippen LogP contribution in [0.25, 0.3) is 10.2 Å². The Balaban J connectivity index is 2.08. The molecule has 29 heavy (non-hydrogen) atoms. The van der Waals surface area contributed by atoms with Crippen LogP contribution >= 0.6 is 11.3 Å². The summed E-state index contributed by atoms with van der Waals surface area (Å²) in [5.74, 6) is 0.784. The molecule has 0 spiro atoms. The van der Waals surface area contributed by atoms with E-state index in [0.717, 1.165) is 37.6 Å². The molecule has 2 aromatic carbocycles. The molecule has 0 aliphatic carbocycles. The minimum Gasteiger partial charge on any atom is -0.302 e. The van der Waals surface area contributed by atoms with Crippen LogP contribution < -0.4 is 5.56 Å². The zero-order valence-corrected chi connectivity index (χ0v) is 18.0. The quantitative estimate of drug-likeness (QED) is 0.482. The number of benzene rings is 2. The Morgan fingerprint density at radius 1 is 0.966 bits per heavy atom. The van der Waals surface area contributed by atoms with Crippen LogP contribution in [0.15, 0.2) is 65.5 Å². The average molecular weight is 404 g/mol. The van der Waals surface area contributed by atoms with E-state index in [0.29, 0.717) is 6.54 Å². The van der Waals surface area contributed by atoms with Crippen molar-refractivity contribution in [3.05, 3.63) is 98.4 Å². The highest BCUT2D eigenvalue weighted by molar-refractivity contribution is 7.18. The van der Waals surface area contributed by atoms with E-state index in [1.54, 1.807) is 11.3 Å². The summed E-state index contributed by atoms with van der Waals surface area (Å²) in [7, 11) is 4.01. The number of nitrogens with zero attached hydrogens (tertiary/aromatic N) is 3. The second-order valence-corrected chi connectivity index (χ2v) is 8.83. The minimum atomic E-state index is -0.226. The molecule has 0 aliphatic rings. The van der Waals surface area contributed by atoms with Gasteiger partial charge in [0.05, 0.1) is 18.0 Å². The van der Waals surface area contributed by atoms with Crippen molar-refractivity contribution in [3.63, 3.8) is 0 Å². The zero-order chi connectivity index (χ0) is 20.5. The van der Waals surface area contributed by atoms with Crippen molar-refractivity contribution in [2.75, 3.05) is 14.1 Å². The lowest BCUT2D eigenvalue weighted by Crippen LogP contribution is -2.32. The lowest BCUT2D eigenvalue weighted by atomic mass is 9.98. The Bertz CT molecular complexity index is 1150. The molecule has 0 radical (unpaired) electrons. The van der Waals surface area contributed by atoms with Crippen LogP contribution in [0.2, 0.25) is 0 Å². The van der Waals surface area contributed by atoms with E-state index < -0.39 is 0 Å². The van der Waals surface area contributed by atoms with Crippen molar-refractivity contribution < 1.29 is 0 Å². The summed E-state index contributed by atoms with van der Waals surface area (Å²) < 4.78 is 1.90.